The molecule has 1 aliphatic rings. The summed E-state index contributed by atoms with van der Waals surface area (Å²) in [5, 5.41) is 13.3. The predicted molar refractivity (Wildman–Crippen MR) is 88.9 cm³/mol. The molecule has 0 atom stereocenters. The number of nitrogens with zero attached hydrogens (tertiary/aromatic N) is 3. The number of morpholine rings is 1. The fourth-order valence-electron chi connectivity index (χ4n) is 2.38. The summed E-state index contributed by atoms with van der Waals surface area (Å²) in [4.78, 5) is 42.5. The van der Waals surface area contributed by atoms with Crippen molar-refractivity contribution in [3.63, 3.8) is 0 Å². The fraction of sp³-hybridized carbons (Fsp3) is 0.267. The van der Waals surface area contributed by atoms with E-state index in [0.29, 0.717) is 18.9 Å². The maximum Gasteiger partial charge on any atom is 0.286 e. The first-order chi connectivity index (χ1) is 12.0. The number of H-pyrrole nitrogens is 1. The molecule has 2 N–H and O–H groups in total. The van der Waals surface area contributed by atoms with Crippen LogP contribution in [-0.4, -0.2) is 47.1 Å². The van der Waals surface area contributed by atoms with Crippen LogP contribution in [0, 0.1) is 10.1 Å². The van der Waals surface area contributed by atoms with E-state index in [9.17, 15) is 19.7 Å². The van der Waals surface area contributed by atoms with Gasteiger partial charge < -0.3 is 19.9 Å². The van der Waals surface area contributed by atoms with Crippen molar-refractivity contribution in [2.75, 3.05) is 36.5 Å². The quantitative estimate of drug-likeness (QED) is 0.618. The third kappa shape index (κ3) is 3.80. The van der Waals surface area contributed by atoms with Crippen molar-refractivity contribution in [3.8, 4) is 0 Å². The third-order valence-corrected chi connectivity index (χ3v) is 3.68. The van der Waals surface area contributed by atoms with Crippen LogP contribution in [0.1, 0.15) is 10.4 Å². The monoisotopic (exact) mass is 345 g/mol. The van der Waals surface area contributed by atoms with Crippen LogP contribution in [0.25, 0.3) is 0 Å². The summed E-state index contributed by atoms with van der Waals surface area (Å²) in [6, 6.07) is 4.34. The van der Waals surface area contributed by atoms with Gasteiger partial charge in [-0.05, 0) is 12.1 Å². The van der Waals surface area contributed by atoms with Crippen molar-refractivity contribution in [1.82, 2.24) is 9.97 Å². The topological polar surface area (TPSA) is 130 Å². The van der Waals surface area contributed by atoms with Gasteiger partial charge in [-0.2, -0.15) is 0 Å². The van der Waals surface area contributed by atoms with Gasteiger partial charge in [0.15, 0.2) is 0 Å². The maximum atomic E-state index is 12.2. The van der Waals surface area contributed by atoms with Crippen molar-refractivity contribution in [2.24, 2.45) is 0 Å². The second kappa shape index (κ2) is 7.09. The highest BCUT2D eigenvalue weighted by Gasteiger charge is 2.17. The molecule has 0 aromatic carbocycles. The van der Waals surface area contributed by atoms with E-state index in [0.717, 1.165) is 31.2 Å². The molecule has 2 aromatic heterocycles. The van der Waals surface area contributed by atoms with Gasteiger partial charge in [-0.15, -0.1) is 0 Å². The van der Waals surface area contributed by atoms with Gasteiger partial charge in [0.1, 0.15) is 11.4 Å². The Hall–Kier alpha value is -3.27. The van der Waals surface area contributed by atoms with Gasteiger partial charge in [-0.25, -0.2) is 4.98 Å². The van der Waals surface area contributed by atoms with E-state index in [1.54, 1.807) is 12.1 Å². The molecule has 1 saturated heterocycles. The molecule has 1 fully saturated rings. The number of nitrogens with one attached hydrogen (secondary N) is 2. The molecule has 2 aromatic rings. The predicted octanol–water partition coefficient (Wildman–Crippen LogP) is 0.767. The van der Waals surface area contributed by atoms with E-state index < -0.39 is 16.4 Å². The summed E-state index contributed by atoms with van der Waals surface area (Å²) >= 11 is 0. The SMILES string of the molecule is O=C(Nc1ccc(N2CCOCC2)nc1)c1cc([N+](=O)[O-])c[nH]c1=O. The molecule has 130 valence electrons. The molecule has 1 aliphatic heterocycles. The largest absolute Gasteiger partial charge is 0.378 e. The number of pyridine rings is 2. The number of nitro groups is 1. The van der Waals surface area contributed by atoms with Crippen molar-refractivity contribution in [1.29, 1.82) is 0 Å². The summed E-state index contributed by atoms with van der Waals surface area (Å²) in [5.74, 6) is 0.0142. The second-order valence-electron chi connectivity index (χ2n) is 5.32. The summed E-state index contributed by atoms with van der Waals surface area (Å²) < 4.78 is 5.28. The van der Waals surface area contributed by atoms with E-state index in [2.05, 4.69) is 20.2 Å². The molecule has 3 heterocycles. The van der Waals surface area contributed by atoms with E-state index in [4.69, 9.17) is 4.74 Å². The van der Waals surface area contributed by atoms with Crippen LogP contribution in [0.5, 0.6) is 0 Å². The molecule has 0 unspecified atom stereocenters. The summed E-state index contributed by atoms with van der Waals surface area (Å²) in [6.07, 6.45) is 2.41. The molecule has 3 rings (SSSR count). The highest BCUT2D eigenvalue weighted by atomic mass is 16.6. The highest BCUT2D eigenvalue weighted by molar-refractivity contribution is 6.04. The zero-order valence-electron chi connectivity index (χ0n) is 13.1. The Bertz CT molecular complexity index is 842. The second-order valence-corrected chi connectivity index (χ2v) is 5.32. The van der Waals surface area contributed by atoms with Crippen LogP contribution in [0.3, 0.4) is 0 Å². The molecule has 0 radical (unpaired) electrons. The Kier molecular flexibility index (Phi) is 4.70. The summed E-state index contributed by atoms with van der Waals surface area (Å²) in [6.45, 7) is 2.75. The minimum atomic E-state index is -0.745. The van der Waals surface area contributed by atoms with Crippen LogP contribution < -0.4 is 15.8 Å². The first-order valence-corrected chi connectivity index (χ1v) is 7.52. The van der Waals surface area contributed by atoms with E-state index in [-0.39, 0.29) is 11.3 Å². The number of ether oxygens (including phenoxy) is 1. The van der Waals surface area contributed by atoms with Crippen molar-refractivity contribution >= 4 is 23.1 Å². The van der Waals surface area contributed by atoms with Crippen LogP contribution in [0.4, 0.5) is 17.2 Å². The molecule has 25 heavy (non-hydrogen) atoms. The van der Waals surface area contributed by atoms with Crippen LogP contribution in [0.2, 0.25) is 0 Å². The zero-order chi connectivity index (χ0) is 17.8. The lowest BCUT2D eigenvalue weighted by molar-refractivity contribution is -0.385. The Morgan fingerprint density at radius 2 is 2.12 bits per heavy atom. The Labute approximate surface area is 141 Å². The first kappa shape index (κ1) is 16.6. The minimum Gasteiger partial charge on any atom is -0.378 e. The van der Waals surface area contributed by atoms with Crippen LogP contribution >= 0.6 is 0 Å². The van der Waals surface area contributed by atoms with E-state index in [1.807, 2.05) is 0 Å². The Balaban J connectivity index is 1.74. The van der Waals surface area contributed by atoms with Gasteiger partial charge in [0, 0.05) is 19.2 Å². The van der Waals surface area contributed by atoms with Gasteiger partial charge in [0.25, 0.3) is 17.2 Å². The highest BCUT2D eigenvalue weighted by Crippen LogP contribution is 2.16. The smallest absolute Gasteiger partial charge is 0.286 e. The van der Waals surface area contributed by atoms with Gasteiger partial charge >= 0.3 is 0 Å². The number of hydrogen-bond acceptors (Lipinski definition) is 7. The van der Waals surface area contributed by atoms with Crippen LogP contribution in [0.15, 0.2) is 35.4 Å². The van der Waals surface area contributed by atoms with Crippen molar-refractivity contribution in [3.05, 3.63) is 56.6 Å². The van der Waals surface area contributed by atoms with Crippen LogP contribution in [-0.2, 0) is 4.74 Å². The Morgan fingerprint density at radius 3 is 2.76 bits per heavy atom. The number of carbonyl (C=O) groups is 1. The molecule has 0 saturated carbocycles. The average Bonchev–Trinajstić information content (AvgIpc) is 2.63. The normalized spacial score (nSPS) is 14.2. The minimum absolute atomic E-state index is 0.341. The van der Waals surface area contributed by atoms with E-state index in [1.165, 1.54) is 6.20 Å². The molecular formula is C15H15N5O5. The lowest BCUT2D eigenvalue weighted by atomic mass is 10.2. The average molecular weight is 345 g/mol. The number of aromatic amines is 1. The lowest BCUT2D eigenvalue weighted by Crippen LogP contribution is -2.36. The number of aromatic nitrogens is 2. The number of anilines is 2. The Morgan fingerprint density at radius 1 is 1.36 bits per heavy atom. The molecular weight excluding hydrogens is 330 g/mol. The third-order valence-electron chi connectivity index (χ3n) is 3.68. The maximum absolute atomic E-state index is 12.2. The summed E-state index contributed by atoms with van der Waals surface area (Å²) in [7, 11) is 0. The summed E-state index contributed by atoms with van der Waals surface area (Å²) in [5.41, 5.74) is -1.04. The van der Waals surface area contributed by atoms with Gasteiger partial charge in [0.2, 0.25) is 0 Å². The molecule has 10 heteroatoms. The van der Waals surface area contributed by atoms with Gasteiger partial charge in [-0.1, -0.05) is 0 Å². The molecule has 1 amide bonds. The van der Waals surface area contributed by atoms with Gasteiger partial charge in [-0.3, -0.25) is 19.7 Å². The number of amides is 1. The molecule has 0 bridgehead atoms. The van der Waals surface area contributed by atoms with Crippen molar-refractivity contribution < 1.29 is 14.5 Å². The van der Waals surface area contributed by atoms with Gasteiger partial charge in [0.05, 0.1) is 36.2 Å². The number of hydrogen-bond donors (Lipinski definition) is 2. The van der Waals surface area contributed by atoms with Crippen molar-refractivity contribution in [2.45, 2.75) is 0 Å². The number of rotatable bonds is 4. The molecule has 0 aliphatic carbocycles. The standard InChI is InChI=1S/C15H15N5O5/c21-14-12(7-11(9-17-14)20(23)24)15(22)18-10-1-2-13(16-8-10)19-3-5-25-6-4-19/h1-2,7-9H,3-6H2,(H,17,21)(H,18,22). The zero-order valence-corrected chi connectivity index (χ0v) is 13.1. The molecule has 10 nitrogen and oxygen atoms in total. The molecule has 0 spiro atoms. The lowest BCUT2D eigenvalue weighted by Gasteiger charge is -2.27. The first-order valence-electron chi connectivity index (χ1n) is 7.52. The fourth-order valence-corrected chi connectivity index (χ4v) is 2.38. The van der Waals surface area contributed by atoms with E-state index >= 15 is 0 Å². The number of carbonyl (C=O) groups excluding carboxylic acids is 1.